The number of halogens is 3. The van der Waals surface area contributed by atoms with E-state index in [0.29, 0.717) is 0 Å². The van der Waals surface area contributed by atoms with Crippen LogP contribution in [0, 0.1) is 11.3 Å². The third kappa shape index (κ3) is 5.27. The Morgan fingerprint density at radius 3 is 2.43 bits per heavy atom. The lowest BCUT2D eigenvalue weighted by atomic mass is 9.65. The minimum atomic E-state index is -4.70. The quantitative estimate of drug-likeness (QED) is 0.636. The Balaban J connectivity index is 1.64. The van der Waals surface area contributed by atoms with Gasteiger partial charge in [-0.15, -0.1) is 24.9 Å². The Morgan fingerprint density at radius 2 is 1.89 bits per heavy atom. The molecule has 0 aromatic heterocycles. The zero-order chi connectivity index (χ0) is 20.4. The molecule has 0 unspecified atom stereocenters. The Hall–Kier alpha value is -1.57. The number of piperidine rings is 1. The lowest BCUT2D eigenvalue weighted by molar-refractivity contribution is -0.274. The fraction of sp³-hybridized carbons (Fsp3) is 0.650. The van der Waals surface area contributed by atoms with Crippen molar-refractivity contribution in [2.24, 2.45) is 11.3 Å². The van der Waals surface area contributed by atoms with Gasteiger partial charge in [-0.3, -0.25) is 4.79 Å². The molecule has 2 fully saturated rings. The molecule has 3 rings (SSSR count). The van der Waals surface area contributed by atoms with Crippen molar-refractivity contribution in [2.45, 2.75) is 56.2 Å². The maximum Gasteiger partial charge on any atom is 0.573 e. The van der Waals surface area contributed by atoms with E-state index in [9.17, 15) is 18.0 Å². The van der Waals surface area contributed by atoms with Crippen LogP contribution in [0.1, 0.15) is 44.9 Å². The molecule has 1 heterocycles. The first-order valence-corrected chi connectivity index (χ1v) is 10.8. The summed E-state index contributed by atoms with van der Waals surface area (Å²) in [5.74, 6) is -0.628. The van der Waals surface area contributed by atoms with E-state index in [1.807, 2.05) is 6.26 Å². The van der Waals surface area contributed by atoms with Gasteiger partial charge < -0.3 is 14.7 Å². The summed E-state index contributed by atoms with van der Waals surface area (Å²) < 4.78 is 41.8. The molecule has 2 aliphatic rings. The first-order chi connectivity index (χ1) is 13.2. The van der Waals surface area contributed by atoms with Gasteiger partial charge >= 0.3 is 12.3 Å². The van der Waals surface area contributed by atoms with Crippen LogP contribution in [0.2, 0.25) is 0 Å². The van der Waals surface area contributed by atoms with Crippen LogP contribution in [0.15, 0.2) is 23.1 Å². The van der Waals surface area contributed by atoms with Gasteiger partial charge in [-0.25, -0.2) is 0 Å². The molecule has 0 atom stereocenters. The maximum atomic E-state index is 12.6. The number of benzene rings is 1. The van der Waals surface area contributed by atoms with Gasteiger partial charge in [0.1, 0.15) is 5.75 Å². The molecule has 1 saturated heterocycles. The van der Waals surface area contributed by atoms with Crippen molar-refractivity contribution < 1.29 is 27.8 Å². The van der Waals surface area contributed by atoms with Crippen LogP contribution >= 0.6 is 11.8 Å². The normalized spacial score (nSPS) is 20.4. The molecule has 28 heavy (non-hydrogen) atoms. The Bertz CT molecular complexity index is 692. The van der Waals surface area contributed by atoms with E-state index < -0.39 is 12.3 Å². The van der Waals surface area contributed by atoms with Crippen LogP contribution in [0.25, 0.3) is 0 Å². The highest BCUT2D eigenvalue weighted by Gasteiger charge is 2.39. The lowest BCUT2D eigenvalue weighted by Gasteiger charge is -2.46. The third-order valence-electron chi connectivity index (χ3n) is 6.18. The SMILES string of the molecule is CSc1ccc(OC(F)(F)F)cc1N1CCC2(CCC(CC(=O)O)CC2)CC1. The van der Waals surface area contributed by atoms with Crippen molar-refractivity contribution >= 4 is 23.4 Å². The number of anilines is 1. The molecule has 1 aromatic carbocycles. The summed E-state index contributed by atoms with van der Waals surface area (Å²) in [6.07, 6.45) is 3.46. The van der Waals surface area contributed by atoms with Gasteiger partial charge in [0, 0.05) is 30.5 Å². The van der Waals surface area contributed by atoms with Gasteiger partial charge in [-0.2, -0.15) is 0 Å². The molecule has 1 aromatic rings. The number of aliphatic carboxylic acids is 1. The summed E-state index contributed by atoms with van der Waals surface area (Å²) in [6.45, 7) is 1.60. The monoisotopic (exact) mass is 417 g/mol. The largest absolute Gasteiger partial charge is 0.573 e. The van der Waals surface area contributed by atoms with E-state index in [1.165, 1.54) is 23.9 Å². The Kier molecular flexibility index (Phi) is 6.37. The Morgan fingerprint density at radius 1 is 1.25 bits per heavy atom. The van der Waals surface area contributed by atoms with E-state index in [0.717, 1.165) is 62.2 Å². The minimum absolute atomic E-state index is 0.185. The second kappa shape index (κ2) is 8.43. The van der Waals surface area contributed by atoms with E-state index in [-0.39, 0.29) is 23.5 Å². The number of thioether (sulfide) groups is 1. The highest BCUT2D eigenvalue weighted by atomic mass is 32.2. The van der Waals surface area contributed by atoms with Crippen molar-refractivity contribution in [2.75, 3.05) is 24.2 Å². The zero-order valence-corrected chi connectivity index (χ0v) is 16.7. The van der Waals surface area contributed by atoms with Gasteiger partial charge in [0.2, 0.25) is 0 Å². The number of carboxylic acid groups (broad SMARTS) is 1. The van der Waals surface area contributed by atoms with Crippen LogP contribution in [0.3, 0.4) is 0 Å². The molecule has 1 aliphatic heterocycles. The summed E-state index contributed by atoms with van der Waals surface area (Å²) in [7, 11) is 0. The van der Waals surface area contributed by atoms with E-state index in [2.05, 4.69) is 9.64 Å². The number of nitrogens with zero attached hydrogens (tertiary/aromatic N) is 1. The number of ether oxygens (including phenoxy) is 1. The fourth-order valence-corrected chi connectivity index (χ4v) is 5.18. The summed E-state index contributed by atoms with van der Waals surface area (Å²) in [6, 6.07) is 4.53. The molecule has 8 heteroatoms. The van der Waals surface area contributed by atoms with Crippen LogP contribution < -0.4 is 9.64 Å². The van der Waals surface area contributed by atoms with Gasteiger partial charge in [-0.05, 0) is 68.2 Å². The molecule has 0 amide bonds. The van der Waals surface area contributed by atoms with E-state index >= 15 is 0 Å². The first kappa shape index (κ1) is 21.1. The van der Waals surface area contributed by atoms with Gasteiger partial charge in [0.05, 0.1) is 5.69 Å². The number of hydrogen-bond acceptors (Lipinski definition) is 4. The number of rotatable bonds is 5. The fourth-order valence-electron chi connectivity index (χ4n) is 4.58. The van der Waals surface area contributed by atoms with Crippen molar-refractivity contribution in [3.05, 3.63) is 18.2 Å². The van der Waals surface area contributed by atoms with Crippen molar-refractivity contribution in [3.8, 4) is 5.75 Å². The lowest BCUT2D eigenvalue weighted by Crippen LogP contribution is -2.42. The van der Waals surface area contributed by atoms with Crippen LogP contribution in [-0.2, 0) is 4.79 Å². The van der Waals surface area contributed by atoms with E-state index in [4.69, 9.17) is 5.11 Å². The maximum absolute atomic E-state index is 12.6. The average molecular weight is 417 g/mol. The van der Waals surface area contributed by atoms with E-state index in [1.54, 1.807) is 6.07 Å². The number of carbonyl (C=O) groups is 1. The van der Waals surface area contributed by atoms with Crippen molar-refractivity contribution in [1.82, 2.24) is 0 Å². The number of carboxylic acids is 1. The summed E-state index contributed by atoms with van der Waals surface area (Å²) in [4.78, 5) is 14.0. The molecule has 4 nitrogen and oxygen atoms in total. The molecule has 1 aliphatic carbocycles. The molecular formula is C20H26F3NO3S. The second-order valence-electron chi connectivity index (χ2n) is 7.91. The molecule has 1 spiro atoms. The molecular weight excluding hydrogens is 391 g/mol. The topological polar surface area (TPSA) is 49.8 Å². The van der Waals surface area contributed by atoms with Crippen LogP contribution in [0.4, 0.5) is 18.9 Å². The predicted octanol–water partition coefficient (Wildman–Crippen LogP) is 5.56. The number of hydrogen-bond donors (Lipinski definition) is 1. The predicted molar refractivity (Wildman–Crippen MR) is 103 cm³/mol. The summed E-state index contributed by atoms with van der Waals surface area (Å²) in [5, 5.41) is 8.98. The van der Waals surface area contributed by atoms with Gasteiger partial charge in [0.15, 0.2) is 0 Å². The third-order valence-corrected chi connectivity index (χ3v) is 6.96. The van der Waals surface area contributed by atoms with Crippen molar-refractivity contribution in [1.29, 1.82) is 0 Å². The van der Waals surface area contributed by atoms with Crippen LogP contribution in [0.5, 0.6) is 5.75 Å². The zero-order valence-electron chi connectivity index (χ0n) is 15.9. The molecule has 156 valence electrons. The highest BCUT2D eigenvalue weighted by Crippen LogP contribution is 2.48. The molecule has 1 N–H and O–H groups in total. The summed E-state index contributed by atoms with van der Waals surface area (Å²) >= 11 is 1.51. The van der Waals surface area contributed by atoms with Gasteiger partial charge in [-0.1, -0.05) is 0 Å². The number of alkyl halides is 3. The molecule has 0 bridgehead atoms. The Labute approximate surface area is 167 Å². The van der Waals surface area contributed by atoms with Crippen LogP contribution in [-0.4, -0.2) is 36.8 Å². The highest BCUT2D eigenvalue weighted by molar-refractivity contribution is 7.98. The molecule has 0 radical (unpaired) electrons. The average Bonchev–Trinajstić information content (AvgIpc) is 2.63. The first-order valence-electron chi connectivity index (χ1n) is 9.60. The van der Waals surface area contributed by atoms with Crippen molar-refractivity contribution in [3.63, 3.8) is 0 Å². The van der Waals surface area contributed by atoms with Gasteiger partial charge in [0.25, 0.3) is 0 Å². The second-order valence-corrected chi connectivity index (χ2v) is 8.76. The minimum Gasteiger partial charge on any atom is -0.481 e. The molecule has 1 saturated carbocycles. The standard InChI is InChI=1S/C20H26F3NO3S/c1-28-17-3-2-15(27-20(21,22)23)13-16(17)24-10-8-19(9-11-24)6-4-14(5-7-19)12-18(25)26/h2-3,13-14H,4-12H2,1H3,(H,25,26). The smallest absolute Gasteiger partial charge is 0.481 e. The summed E-state index contributed by atoms with van der Waals surface area (Å²) in [5.41, 5.74) is 1.05.